The average molecular weight is 924 g/mol. The van der Waals surface area contributed by atoms with Crippen LogP contribution in [0.4, 0.5) is 0 Å². The van der Waals surface area contributed by atoms with Gasteiger partial charge in [0, 0.05) is 6.42 Å². The highest BCUT2D eigenvalue weighted by atomic mass is 31.2. The van der Waals surface area contributed by atoms with Gasteiger partial charge in [-0.1, -0.05) is 200 Å². The molecule has 0 aromatic rings. The predicted molar refractivity (Wildman–Crippen MR) is 281 cm³/mol. The molecule has 0 aliphatic rings. The number of phosphoric ester groups is 1. The number of carbonyl (C=O) groups is 1. The molecule has 0 aliphatic heterocycles. The van der Waals surface area contributed by atoms with Crippen LogP contribution in [0.2, 0.25) is 0 Å². The molecule has 1 amide bonds. The molecule has 0 spiro atoms. The maximum absolute atomic E-state index is 12.9. The SMILES string of the molecule is CC/C=C\C/C=C\C/C=C\C/C=C\C/C=C\C/C=C\C/C=C\C/C=C\CCCCCCCCCCCCC(=O)NC(COP(=O)(O)OCC[N+](C)(C)C)C(O)/C=C/CC/C=C/CCCC. The molecule has 3 unspecified atom stereocenters. The number of hydrogen-bond acceptors (Lipinski definition) is 5. The van der Waals surface area contributed by atoms with Crippen molar-refractivity contribution in [2.45, 2.75) is 187 Å². The van der Waals surface area contributed by atoms with Crippen LogP contribution in [0.3, 0.4) is 0 Å². The molecule has 0 aliphatic carbocycles. The first-order valence-electron chi connectivity index (χ1n) is 25.4. The van der Waals surface area contributed by atoms with Crippen molar-refractivity contribution >= 4 is 13.7 Å². The third kappa shape index (κ3) is 48.6. The molecular weight excluding hydrogens is 828 g/mol. The Labute approximate surface area is 399 Å². The molecule has 370 valence electrons. The molecule has 8 nitrogen and oxygen atoms in total. The van der Waals surface area contributed by atoms with Gasteiger partial charge in [0.25, 0.3) is 0 Å². The summed E-state index contributed by atoms with van der Waals surface area (Å²) in [5.74, 6) is -0.202. The molecule has 0 heterocycles. The van der Waals surface area contributed by atoms with Crippen molar-refractivity contribution in [3.05, 3.63) is 122 Å². The van der Waals surface area contributed by atoms with Crippen LogP contribution in [0.5, 0.6) is 0 Å². The molecule has 9 heteroatoms. The first kappa shape index (κ1) is 61.9. The largest absolute Gasteiger partial charge is 0.472 e. The number of carbonyl (C=O) groups excluding carboxylic acids is 1. The lowest BCUT2D eigenvalue weighted by molar-refractivity contribution is -0.870. The minimum Gasteiger partial charge on any atom is -0.387 e. The Morgan fingerprint density at radius 1 is 0.538 bits per heavy atom. The molecule has 0 aromatic carbocycles. The van der Waals surface area contributed by atoms with Crippen LogP contribution in [-0.2, 0) is 18.4 Å². The molecule has 0 bridgehead atoms. The van der Waals surface area contributed by atoms with E-state index in [0.29, 0.717) is 17.4 Å². The number of phosphoric acid groups is 1. The number of likely N-dealkylation sites (N-methyl/N-ethyl adjacent to an activating group) is 1. The van der Waals surface area contributed by atoms with Gasteiger partial charge in [0.05, 0.1) is 39.9 Å². The number of amides is 1. The smallest absolute Gasteiger partial charge is 0.387 e. The van der Waals surface area contributed by atoms with E-state index in [2.05, 4.69) is 129 Å². The minimum atomic E-state index is -4.35. The van der Waals surface area contributed by atoms with Gasteiger partial charge in [0.2, 0.25) is 5.91 Å². The highest BCUT2D eigenvalue weighted by molar-refractivity contribution is 7.47. The fourth-order valence-electron chi connectivity index (χ4n) is 6.41. The summed E-state index contributed by atoms with van der Waals surface area (Å²) in [5, 5.41) is 13.7. The van der Waals surface area contributed by atoms with Crippen molar-refractivity contribution in [1.29, 1.82) is 0 Å². The quantitative estimate of drug-likeness (QED) is 0.0243. The maximum atomic E-state index is 12.9. The normalized spacial score (nSPS) is 15.1. The third-order valence-electron chi connectivity index (χ3n) is 10.4. The van der Waals surface area contributed by atoms with Crippen LogP contribution in [-0.4, -0.2) is 73.4 Å². The summed E-state index contributed by atoms with van der Waals surface area (Å²) in [7, 11) is 1.53. The summed E-state index contributed by atoms with van der Waals surface area (Å²) in [5.41, 5.74) is 0. The number of hydrogen-bond donors (Lipinski definition) is 3. The second-order valence-electron chi connectivity index (χ2n) is 17.8. The summed E-state index contributed by atoms with van der Waals surface area (Å²) >= 11 is 0. The fourth-order valence-corrected chi connectivity index (χ4v) is 7.15. The first-order chi connectivity index (χ1) is 31.5. The van der Waals surface area contributed by atoms with Crippen LogP contribution in [0, 0.1) is 0 Å². The summed E-state index contributed by atoms with van der Waals surface area (Å²) in [6.45, 7) is 4.57. The number of quaternary nitrogens is 1. The van der Waals surface area contributed by atoms with E-state index in [1.165, 1.54) is 57.8 Å². The lowest BCUT2D eigenvalue weighted by Crippen LogP contribution is -2.45. The summed E-state index contributed by atoms with van der Waals surface area (Å²) in [4.78, 5) is 23.1. The van der Waals surface area contributed by atoms with Crippen molar-refractivity contribution in [2.75, 3.05) is 40.9 Å². The number of rotatable bonds is 44. The first-order valence-corrected chi connectivity index (χ1v) is 26.9. The maximum Gasteiger partial charge on any atom is 0.472 e. The Morgan fingerprint density at radius 3 is 1.42 bits per heavy atom. The monoisotopic (exact) mass is 924 g/mol. The number of nitrogens with one attached hydrogen (secondary N) is 1. The molecule has 0 saturated heterocycles. The molecule has 0 fully saturated rings. The Bertz CT molecular complexity index is 1460. The van der Waals surface area contributed by atoms with Gasteiger partial charge in [-0.3, -0.25) is 13.8 Å². The second kappa shape index (κ2) is 46.0. The van der Waals surface area contributed by atoms with E-state index < -0.39 is 20.0 Å². The molecule has 0 rings (SSSR count). The topological polar surface area (TPSA) is 105 Å². The Hall–Kier alpha value is -3.10. The van der Waals surface area contributed by atoms with Gasteiger partial charge in [-0.25, -0.2) is 4.57 Å². The predicted octanol–water partition coefficient (Wildman–Crippen LogP) is 15.0. The molecule has 0 radical (unpaired) electrons. The van der Waals surface area contributed by atoms with Gasteiger partial charge in [-0.05, 0) is 89.9 Å². The summed E-state index contributed by atoms with van der Waals surface area (Å²) < 4.78 is 23.5. The van der Waals surface area contributed by atoms with Gasteiger partial charge in [0.1, 0.15) is 13.2 Å². The second-order valence-corrected chi connectivity index (χ2v) is 19.3. The van der Waals surface area contributed by atoms with E-state index in [-0.39, 0.29) is 19.1 Å². The van der Waals surface area contributed by atoms with E-state index in [1.807, 2.05) is 27.2 Å². The molecule has 65 heavy (non-hydrogen) atoms. The lowest BCUT2D eigenvalue weighted by Gasteiger charge is -2.25. The number of aliphatic hydroxyl groups is 1. The van der Waals surface area contributed by atoms with E-state index in [4.69, 9.17) is 9.05 Å². The summed E-state index contributed by atoms with van der Waals surface area (Å²) in [6, 6.07) is -0.871. The zero-order chi connectivity index (χ0) is 47.8. The van der Waals surface area contributed by atoms with Crippen molar-refractivity contribution in [1.82, 2.24) is 5.32 Å². The van der Waals surface area contributed by atoms with Crippen molar-refractivity contribution < 1.29 is 32.9 Å². The van der Waals surface area contributed by atoms with Crippen molar-refractivity contribution in [2.24, 2.45) is 0 Å². The van der Waals surface area contributed by atoms with E-state index >= 15 is 0 Å². The van der Waals surface area contributed by atoms with Gasteiger partial charge in [-0.15, -0.1) is 0 Å². The number of aliphatic hydroxyl groups excluding tert-OH is 1. The molecule has 3 N–H and O–H groups in total. The Balaban J connectivity index is 4.07. The lowest BCUT2D eigenvalue weighted by atomic mass is 10.0. The van der Waals surface area contributed by atoms with E-state index in [1.54, 1.807) is 6.08 Å². The Morgan fingerprint density at radius 2 is 0.938 bits per heavy atom. The number of nitrogens with zero attached hydrogens (tertiary/aromatic N) is 1. The van der Waals surface area contributed by atoms with Gasteiger partial charge in [-0.2, -0.15) is 0 Å². The highest BCUT2D eigenvalue weighted by Crippen LogP contribution is 2.43. The zero-order valence-electron chi connectivity index (χ0n) is 41.9. The van der Waals surface area contributed by atoms with Crippen LogP contribution in [0.25, 0.3) is 0 Å². The highest BCUT2D eigenvalue weighted by Gasteiger charge is 2.27. The third-order valence-corrected chi connectivity index (χ3v) is 11.4. The van der Waals surface area contributed by atoms with Gasteiger partial charge < -0.3 is 19.8 Å². The standard InChI is InChI=1S/C56H95N2O6P/c1-6-8-10-12-14-16-17-18-19-20-21-22-23-24-25-26-27-28-29-30-31-32-33-34-35-36-37-38-39-40-41-42-44-46-48-50-56(60)57-54(53-64-65(61,62)63-52-51-58(3,4)5)55(59)49-47-45-43-15-13-11-9-7-2/h8,10,13-16,18-19,21-22,24-25,27-28,30-31,33-34,47,49,54-55,59H,6-7,9,11-12,17,20,23,26,29,32,35-46,48,50-53H2,1-5H3,(H-,57,60,61,62)/p+1/b10-8-,15-13+,16-14-,19-18-,22-21-,25-24-,28-27-,31-30-,34-33-,49-47+. The molecule has 3 atom stereocenters. The fraction of sp³-hybridized carbons (Fsp3) is 0.625. The zero-order valence-corrected chi connectivity index (χ0v) is 42.8. The van der Waals surface area contributed by atoms with E-state index in [9.17, 15) is 19.4 Å². The van der Waals surface area contributed by atoms with Crippen LogP contribution in [0.15, 0.2) is 122 Å². The van der Waals surface area contributed by atoms with Crippen LogP contribution < -0.4 is 5.32 Å². The summed E-state index contributed by atoms with van der Waals surface area (Å²) in [6.07, 6.45) is 68.9. The molecule has 0 saturated carbocycles. The average Bonchev–Trinajstić information content (AvgIpc) is 3.26. The number of allylic oxidation sites excluding steroid dienone is 19. The Kier molecular flexibility index (Phi) is 43.8. The van der Waals surface area contributed by atoms with Crippen molar-refractivity contribution in [3.63, 3.8) is 0 Å². The van der Waals surface area contributed by atoms with E-state index in [0.717, 1.165) is 96.3 Å². The molecular formula is C56H96N2O6P+. The molecule has 0 aromatic heterocycles. The van der Waals surface area contributed by atoms with Crippen LogP contribution in [0.1, 0.15) is 174 Å². The number of unbranched alkanes of at least 4 members (excludes halogenated alkanes) is 13. The minimum absolute atomic E-state index is 0.0488. The van der Waals surface area contributed by atoms with Crippen molar-refractivity contribution in [3.8, 4) is 0 Å². The van der Waals surface area contributed by atoms with Gasteiger partial charge >= 0.3 is 7.82 Å². The van der Waals surface area contributed by atoms with Gasteiger partial charge in [0.15, 0.2) is 0 Å². The van der Waals surface area contributed by atoms with Crippen LogP contribution >= 0.6 is 7.82 Å².